The molecule has 1 heterocycles. The lowest BCUT2D eigenvalue weighted by atomic mass is 10.2. The van der Waals surface area contributed by atoms with Crippen LogP contribution in [0.5, 0.6) is 0 Å². The van der Waals surface area contributed by atoms with Gasteiger partial charge in [0, 0.05) is 13.2 Å². The molecule has 1 aromatic heterocycles. The van der Waals surface area contributed by atoms with Gasteiger partial charge in [-0.25, -0.2) is 4.39 Å². The van der Waals surface area contributed by atoms with Crippen molar-refractivity contribution in [2.45, 2.75) is 6.92 Å². The maximum absolute atomic E-state index is 13.5. The molecule has 2 rings (SSSR count). The summed E-state index contributed by atoms with van der Waals surface area (Å²) in [4.78, 5) is 12.0. The van der Waals surface area contributed by atoms with Crippen molar-refractivity contribution >= 4 is 17.3 Å². The summed E-state index contributed by atoms with van der Waals surface area (Å²) < 4.78 is 15.1. The number of halogens is 1. The van der Waals surface area contributed by atoms with Gasteiger partial charge in [0.25, 0.3) is 5.91 Å². The zero-order chi connectivity index (χ0) is 13.3. The van der Waals surface area contributed by atoms with Crippen molar-refractivity contribution in [3.05, 3.63) is 47.5 Å². The fourth-order valence-corrected chi connectivity index (χ4v) is 1.74. The number of rotatable bonds is 2. The highest BCUT2D eigenvalue weighted by Gasteiger charge is 2.13. The normalized spacial score (nSPS) is 10.4. The van der Waals surface area contributed by atoms with Crippen molar-refractivity contribution in [3.8, 4) is 0 Å². The van der Waals surface area contributed by atoms with Gasteiger partial charge in [-0.3, -0.25) is 4.79 Å². The number of anilines is 2. The van der Waals surface area contributed by atoms with Crippen LogP contribution >= 0.6 is 0 Å². The average molecular weight is 247 g/mol. The summed E-state index contributed by atoms with van der Waals surface area (Å²) in [6.07, 6.45) is 1.63. The van der Waals surface area contributed by atoms with Crippen molar-refractivity contribution in [1.82, 2.24) is 4.57 Å². The molecule has 2 aromatic rings. The number of nitrogens with two attached hydrogens (primary N) is 1. The van der Waals surface area contributed by atoms with E-state index in [4.69, 9.17) is 5.73 Å². The Morgan fingerprint density at radius 1 is 1.39 bits per heavy atom. The third-order valence-corrected chi connectivity index (χ3v) is 2.63. The van der Waals surface area contributed by atoms with Crippen LogP contribution in [0.25, 0.3) is 0 Å². The molecule has 0 unspecified atom stereocenters. The standard InChI is InChI=1S/C13H14FN3O/c1-8-3-4-10(14)11(5-8)16-13(18)12-6-9(15)7-17(12)2/h3-7H,15H2,1-2H3,(H,16,18). The van der Waals surface area contributed by atoms with E-state index in [2.05, 4.69) is 5.32 Å². The van der Waals surface area contributed by atoms with E-state index in [1.54, 1.807) is 36.0 Å². The number of carbonyl (C=O) groups excluding carboxylic acids is 1. The molecule has 0 saturated heterocycles. The lowest BCUT2D eigenvalue weighted by molar-refractivity contribution is 0.101. The van der Waals surface area contributed by atoms with Crippen LogP contribution in [0.3, 0.4) is 0 Å². The number of carbonyl (C=O) groups is 1. The van der Waals surface area contributed by atoms with Gasteiger partial charge in [0.1, 0.15) is 11.5 Å². The van der Waals surface area contributed by atoms with Crippen molar-refractivity contribution < 1.29 is 9.18 Å². The quantitative estimate of drug-likeness (QED) is 0.855. The van der Waals surface area contributed by atoms with Gasteiger partial charge in [-0.2, -0.15) is 0 Å². The number of aromatic nitrogens is 1. The molecule has 0 fully saturated rings. The minimum absolute atomic E-state index is 0.166. The molecule has 0 radical (unpaired) electrons. The number of hydrogen-bond donors (Lipinski definition) is 2. The number of amides is 1. The Balaban J connectivity index is 2.26. The van der Waals surface area contributed by atoms with E-state index in [0.717, 1.165) is 5.56 Å². The van der Waals surface area contributed by atoms with Gasteiger partial charge in [-0.1, -0.05) is 6.07 Å². The molecule has 1 aromatic carbocycles. The maximum Gasteiger partial charge on any atom is 0.272 e. The first kappa shape index (κ1) is 12.2. The molecule has 0 aliphatic heterocycles. The first-order valence-corrected chi connectivity index (χ1v) is 5.46. The topological polar surface area (TPSA) is 60.1 Å². The summed E-state index contributed by atoms with van der Waals surface area (Å²) in [7, 11) is 1.71. The van der Waals surface area contributed by atoms with Crippen LogP contribution in [-0.2, 0) is 7.05 Å². The molecular weight excluding hydrogens is 233 g/mol. The molecule has 0 saturated carbocycles. The molecule has 94 valence electrons. The van der Waals surface area contributed by atoms with Gasteiger partial charge in [0.2, 0.25) is 0 Å². The minimum Gasteiger partial charge on any atom is -0.397 e. The largest absolute Gasteiger partial charge is 0.397 e. The summed E-state index contributed by atoms with van der Waals surface area (Å²) in [6.45, 7) is 1.83. The fraction of sp³-hybridized carbons (Fsp3) is 0.154. The summed E-state index contributed by atoms with van der Waals surface area (Å²) in [6, 6.07) is 6.10. The molecule has 18 heavy (non-hydrogen) atoms. The smallest absolute Gasteiger partial charge is 0.272 e. The van der Waals surface area contributed by atoms with Crippen LogP contribution in [-0.4, -0.2) is 10.5 Å². The van der Waals surface area contributed by atoms with Crippen LogP contribution in [0.2, 0.25) is 0 Å². The second-order valence-corrected chi connectivity index (χ2v) is 4.21. The number of nitrogens with zero attached hydrogens (tertiary/aromatic N) is 1. The van der Waals surface area contributed by atoms with E-state index < -0.39 is 11.7 Å². The molecule has 0 aliphatic rings. The fourth-order valence-electron chi connectivity index (χ4n) is 1.74. The first-order chi connectivity index (χ1) is 8.47. The van der Waals surface area contributed by atoms with Crippen LogP contribution in [0.15, 0.2) is 30.5 Å². The number of nitrogens with one attached hydrogen (secondary N) is 1. The molecule has 0 spiro atoms. The molecule has 0 atom stereocenters. The lowest BCUT2D eigenvalue weighted by Gasteiger charge is -2.07. The Morgan fingerprint density at radius 3 is 2.72 bits per heavy atom. The molecule has 4 nitrogen and oxygen atoms in total. The van der Waals surface area contributed by atoms with Crippen LogP contribution < -0.4 is 11.1 Å². The van der Waals surface area contributed by atoms with Gasteiger partial charge in [0.15, 0.2) is 0 Å². The van der Waals surface area contributed by atoms with E-state index >= 15 is 0 Å². The van der Waals surface area contributed by atoms with Crippen molar-refractivity contribution in [3.63, 3.8) is 0 Å². The maximum atomic E-state index is 13.5. The monoisotopic (exact) mass is 247 g/mol. The molecule has 0 bridgehead atoms. The highest BCUT2D eigenvalue weighted by atomic mass is 19.1. The summed E-state index contributed by atoms with van der Waals surface area (Å²) in [5, 5.41) is 2.53. The first-order valence-electron chi connectivity index (χ1n) is 5.46. The third-order valence-electron chi connectivity index (χ3n) is 2.63. The van der Waals surface area contributed by atoms with Gasteiger partial charge in [0.05, 0.1) is 11.4 Å². The van der Waals surface area contributed by atoms with E-state index in [0.29, 0.717) is 11.4 Å². The highest BCUT2D eigenvalue weighted by Crippen LogP contribution is 2.17. The molecule has 0 aliphatic carbocycles. The molecule has 3 N–H and O–H groups in total. The average Bonchev–Trinajstić information content (AvgIpc) is 2.63. The Labute approximate surface area is 104 Å². The number of nitrogen functional groups attached to an aromatic ring is 1. The molecular formula is C13H14FN3O. The van der Waals surface area contributed by atoms with E-state index in [1.165, 1.54) is 6.07 Å². The molecule has 1 amide bonds. The van der Waals surface area contributed by atoms with Gasteiger partial charge < -0.3 is 15.6 Å². The Morgan fingerprint density at radius 2 is 2.11 bits per heavy atom. The second-order valence-electron chi connectivity index (χ2n) is 4.21. The number of hydrogen-bond acceptors (Lipinski definition) is 2. The van der Waals surface area contributed by atoms with Gasteiger partial charge in [-0.05, 0) is 30.7 Å². The van der Waals surface area contributed by atoms with E-state index in [1.807, 2.05) is 6.92 Å². The third kappa shape index (κ3) is 2.34. The van der Waals surface area contributed by atoms with Crippen LogP contribution in [0.1, 0.15) is 16.1 Å². The summed E-state index contributed by atoms with van der Waals surface area (Å²) >= 11 is 0. The Hall–Kier alpha value is -2.30. The van der Waals surface area contributed by atoms with Crippen molar-refractivity contribution in [1.29, 1.82) is 0 Å². The van der Waals surface area contributed by atoms with Gasteiger partial charge in [-0.15, -0.1) is 0 Å². The zero-order valence-electron chi connectivity index (χ0n) is 10.2. The Kier molecular flexibility index (Phi) is 3.06. The van der Waals surface area contributed by atoms with Gasteiger partial charge >= 0.3 is 0 Å². The van der Waals surface area contributed by atoms with Crippen molar-refractivity contribution in [2.75, 3.05) is 11.1 Å². The highest BCUT2D eigenvalue weighted by molar-refractivity contribution is 6.03. The Bertz CT molecular complexity index is 604. The minimum atomic E-state index is -0.462. The van der Waals surface area contributed by atoms with Crippen molar-refractivity contribution in [2.24, 2.45) is 7.05 Å². The predicted molar refractivity (Wildman–Crippen MR) is 68.9 cm³/mol. The summed E-state index contributed by atoms with van der Waals surface area (Å²) in [5.41, 5.74) is 7.51. The number of benzene rings is 1. The molecule has 5 heteroatoms. The SMILES string of the molecule is Cc1ccc(F)c(NC(=O)c2cc(N)cn2C)c1. The predicted octanol–water partition coefficient (Wildman–Crippen LogP) is 2.31. The van der Waals surface area contributed by atoms with Crippen LogP contribution in [0.4, 0.5) is 15.8 Å². The lowest BCUT2D eigenvalue weighted by Crippen LogP contribution is -2.16. The van der Waals surface area contributed by atoms with E-state index in [9.17, 15) is 9.18 Å². The summed E-state index contributed by atoms with van der Waals surface area (Å²) in [5.74, 6) is -0.852. The van der Waals surface area contributed by atoms with Crippen LogP contribution in [0, 0.1) is 12.7 Å². The second kappa shape index (κ2) is 4.52. The zero-order valence-corrected chi connectivity index (χ0v) is 10.2. The van der Waals surface area contributed by atoms with E-state index in [-0.39, 0.29) is 5.69 Å². The number of aryl methyl sites for hydroxylation is 2.